The lowest BCUT2D eigenvalue weighted by atomic mass is 10.0. The highest BCUT2D eigenvalue weighted by Gasteiger charge is 1.97. The molecule has 2 nitrogen and oxygen atoms in total. The summed E-state index contributed by atoms with van der Waals surface area (Å²) in [5, 5.41) is 0. The summed E-state index contributed by atoms with van der Waals surface area (Å²) in [5.74, 6) is 0. The fraction of sp³-hybridized carbons (Fsp3) is 0.364. The Bertz CT molecular complexity index is 338. The number of carbonyl (C=O) groups excluding carboxylic acids is 1. The van der Waals surface area contributed by atoms with Crippen molar-refractivity contribution in [3.8, 4) is 0 Å². The maximum Gasteiger partial charge on any atom is 0.235 e. The second kappa shape index (κ2) is 4.58. The van der Waals surface area contributed by atoms with E-state index in [1.54, 1.807) is 6.08 Å². The molecular weight excluding hydrogens is 162 g/mol. The van der Waals surface area contributed by atoms with Gasteiger partial charge >= 0.3 is 0 Å². The number of aliphatic imine (C=N–C) groups is 1. The molecule has 0 radical (unpaired) electrons. The monoisotopic (exact) mass is 175 g/mol. The van der Waals surface area contributed by atoms with Crippen LogP contribution >= 0.6 is 0 Å². The molecule has 13 heavy (non-hydrogen) atoms. The van der Waals surface area contributed by atoms with Crippen molar-refractivity contribution < 1.29 is 4.79 Å². The molecule has 1 aromatic rings. The number of benzene rings is 1. The topological polar surface area (TPSA) is 29.4 Å². The van der Waals surface area contributed by atoms with Crippen LogP contribution in [0.4, 0.5) is 0 Å². The molecule has 0 aliphatic heterocycles. The van der Waals surface area contributed by atoms with Crippen molar-refractivity contribution in [2.75, 3.05) is 0 Å². The van der Waals surface area contributed by atoms with Gasteiger partial charge in [-0.3, -0.25) is 0 Å². The van der Waals surface area contributed by atoms with Crippen LogP contribution in [0, 0.1) is 6.92 Å². The van der Waals surface area contributed by atoms with E-state index < -0.39 is 0 Å². The summed E-state index contributed by atoms with van der Waals surface area (Å²) in [7, 11) is 0. The predicted molar refractivity (Wildman–Crippen MR) is 52.4 cm³/mol. The zero-order chi connectivity index (χ0) is 9.68. The van der Waals surface area contributed by atoms with Crippen molar-refractivity contribution in [1.29, 1.82) is 0 Å². The predicted octanol–water partition coefficient (Wildman–Crippen LogP) is 2.39. The first-order valence-corrected chi connectivity index (χ1v) is 4.40. The van der Waals surface area contributed by atoms with Gasteiger partial charge in [0.2, 0.25) is 6.08 Å². The summed E-state index contributed by atoms with van der Waals surface area (Å²) >= 11 is 0. The summed E-state index contributed by atoms with van der Waals surface area (Å²) in [6.07, 6.45) is 2.59. The average Bonchev–Trinajstić information content (AvgIpc) is 2.16. The summed E-state index contributed by atoms with van der Waals surface area (Å²) in [6, 6.07) is 6.23. The molecule has 68 valence electrons. The van der Waals surface area contributed by atoms with Crippen molar-refractivity contribution in [3.63, 3.8) is 0 Å². The smallest absolute Gasteiger partial charge is 0.211 e. The van der Waals surface area contributed by atoms with Crippen molar-refractivity contribution >= 4 is 6.08 Å². The number of rotatable bonds is 3. The Morgan fingerprint density at radius 2 is 2.23 bits per heavy atom. The second-order valence-corrected chi connectivity index (χ2v) is 3.02. The van der Waals surface area contributed by atoms with E-state index in [4.69, 9.17) is 0 Å². The maximum atomic E-state index is 9.92. The first-order valence-electron chi connectivity index (χ1n) is 4.40. The molecule has 0 N–H and O–H groups in total. The van der Waals surface area contributed by atoms with Crippen LogP contribution in [0.15, 0.2) is 23.2 Å². The molecule has 0 aliphatic carbocycles. The molecule has 0 amide bonds. The van der Waals surface area contributed by atoms with Gasteiger partial charge in [0.05, 0.1) is 6.54 Å². The Labute approximate surface area is 78.3 Å². The zero-order valence-corrected chi connectivity index (χ0v) is 8.00. The zero-order valence-electron chi connectivity index (χ0n) is 8.00. The van der Waals surface area contributed by atoms with Gasteiger partial charge in [0.25, 0.3) is 0 Å². The van der Waals surface area contributed by atoms with Crippen molar-refractivity contribution in [2.24, 2.45) is 4.99 Å². The van der Waals surface area contributed by atoms with Crippen molar-refractivity contribution in [1.82, 2.24) is 0 Å². The molecular formula is C11H13NO. The lowest BCUT2D eigenvalue weighted by Crippen LogP contribution is -1.89. The van der Waals surface area contributed by atoms with Gasteiger partial charge < -0.3 is 0 Å². The van der Waals surface area contributed by atoms with Crippen LogP contribution in [0.5, 0.6) is 0 Å². The first kappa shape index (κ1) is 9.69. The third-order valence-electron chi connectivity index (χ3n) is 2.13. The number of hydrogen-bond donors (Lipinski definition) is 0. The maximum absolute atomic E-state index is 9.92. The largest absolute Gasteiger partial charge is 0.235 e. The minimum absolute atomic E-state index is 0.444. The van der Waals surface area contributed by atoms with Crippen LogP contribution in [0.2, 0.25) is 0 Å². The molecule has 0 fully saturated rings. The van der Waals surface area contributed by atoms with E-state index in [9.17, 15) is 4.79 Å². The van der Waals surface area contributed by atoms with Crippen molar-refractivity contribution in [2.45, 2.75) is 26.8 Å². The van der Waals surface area contributed by atoms with Gasteiger partial charge in [-0.2, -0.15) is 0 Å². The Hall–Kier alpha value is -1.40. The highest BCUT2D eigenvalue weighted by Crippen LogP contribution is 2.12. The highest BCUT2D eigenvalue weighted by molar-refractivity contribution is 5.36. The van der Waals surface area contributed by atoms with E-state index in [0.717, 1.165) is 12.0 Å². The van der Waals surface area contributed by atoms with E-state index >= 15 is 0 Å². The molecule has 0 spiro atoms. The van der Waals surface area contributed by atoms with E-state index in [0.29, 0.717) is 6.54 Å². The van der Waals surface area contributed by atoms with Crippen LogP contribution < -0.4 is 0 Å². The summed E-state index contributed by atoms with van der Waals surface area (Å²) < 4.78 is 0. The molecule has 0 saturated carbocycles. The Morgan fingerprint density at radius 1 is 1.46 bits per heavy atom. The van der Waals surface area contributed by atoms with Crippen LogP contribution in [0.1, 0.15) is 23.6 Å². The van der Waals surface area contributed by atoms with Crippen LogP contribution in [-0.4, -0.2) is 6.08 Å². The number of isocyanates is 1. The van der Waals surface area contributed by atoms with Gasteiger partial charge in [0.1, 0.15) is 0 Å². The van der Waals surface area contributed by atoms with E-state index in [1.165, 1.54) is 11.1 Å². The van der Waals surface area contributed by atoms with E-state index in [-0.39, 0.29) is 0 Å². The van der Waals surface area contributed by atoms with Gasteiger partial charge in [-0.25, -0.2) is 9.79 Å². The lowest BCUT2D eigenvalue weighted by Gasteiger charge is -2.03. The van der Waals surface area contributed by atoms with Crippen LogP contribution in [-0.2, 0) is 17.8 Å². The van der Waals surface area contributed by atoms with Crippen LogP contribution in [0.3, 0.4) is 0 Å². The van der Waals surface area contributed by atoms with E-state index in [2.05, 4.69) is 24.0 Å². The molecule has 2 heteroatoms. The van der Waals surface area contributed by atoms with E-state index in [1.807, 2.05) is 13.0 Å². The quantitative estimate of drug-likeness (QED) is 0.512. The fourth-order valence-corrected chi connectivity index (χ4v) is 1.27. The third-order valence-corrected chi connectivity index (χ3v) is 2.13. The minimum Gasteiger partial charge on any atom is -0.211 e. The molecule has 0 aliphatic rings. The standard InChI is InChI=1S/C11H13NO/c1-3-10-4-5-11(7-12-8-13)9(2)6-10/h4-6H,3,7H2,1-2H3. The van der Waals surface area contributed by atoms with Crippen molar-refractivity contribution in [3.05, 3.63) is 34.9 Å². The Morgan fingerprint density at radius 3 is 2.77 bits per heavy atom. The van der Waals surface area contributed by atoms with Gasteiger partial charge in [0.15, 0.2) is 0 Å². The minimum atomic E-state index is 0.444. The first-order chi connectivity index (χ1) is 6.27. The Balaban J connectivity index is 2.91. The van der Waals surface area contributed by atoms with Gasteiger partial charge in [-0.15, -0.1) is 0 Å². The molecule has 0 bridgehead atoms. The number of nitrogens with zero attached hydrogens (tertiary/aromatic N) is 1. The summed E-state index contributed by atoms with van der Waals surface area (Å²) in [5.41, 5.74) is 3.61. The highest BCUT2D eigenvalue weighted by atomic mass is 16.1. The molecule has 0 unspecified atom stereocenters. The molecule has 0 saturated heterocycles. The molecule has 0 heterocycles. The van der Waals surface area contributed by atoms with Crippen LogP contribution in [0.25, 0.3) is 0 Å². The fourth-order valence-electron chi connectivity index (χ4n) is 1.27. The average molecular weight is 175 g/mol. The number of hydrogen-bond acceptors (Lipinski definition) is 2. The molecule has 0 atom stereocenters. The molecule has 1 aromatic carbocycles. The SMILES string of the molecule is CCc1ccc(CN=C=O)c(C)c1. The lowest BCUT2D eigenvalue weighted by molar-refractivity contribution is 0.562. The summed E-state index contributed by atoms with van der Waals surface area (Å²) in [6.45, 7) is 4.60. The number of aryl methyl sites for hydroxylation is 2. The van der Waals surface area contributed by atoms with Gasteiger partial charge in [-0.1, -0.05) is 25.1 Å². The van der Waals surface area contributed by atoms with Gasteiger partial charge in [-0.05, 0) is 30.0 Å². The molecule has 0 aromatic heterocycles. The second-order valence-electron chi connectivity index (χ2n) is 3.02. The summed E-state index contributed by atoms with van der Waals surface area (Å²) in [4.78, 5) is 13.5. The Kier molecular flexibility index (Phi) is 3.41. The van der Waals surface area contributed by atoms with Gasteiger partial charge in [0, 0.05) is 0 Å². The molecule has 1 rings (SSSR count). The third kappa shape index (κ3) is 2.53. The normalized spacial score (nSPS) is 9.38.